The van der Waals surface area contributed by atoms with Gasteiger partial charge in [-0.3, -0.25) is 9.36 Å². The summed E-state index contributed by atoms with van der Waals surface area (Å²) in [6, 6.07) is 3.72. The van der Waals surface area contributed by atoms with Gasteiger partial charge >= 0.3 is 5.69 Å². The zero-order valence-electron chi connectivity index (χ0n) is 11.7. The van der Waals surface area contributed by atoms with E-state index >= 15 is 0 Å². The number of amides is 1. The summed E-state index contributed by atoms with van der Waals surface area (Å²) >= 11 is 6.97. The lowest BCUT2D eigenvalue weighted by Gasteiger charge is -2.07. The summed E-state index contributed by atoms with van der Waals surface area (Å²) in [5.74, 6) is -0.740. The van der Waals surface area contributed by atoms with Gasteiger partial charge in [-0.1, -0.05) is 30.3 Å². The van der Waals surface area contributed by atoms with Crippen LogP contribution in [0.5, 0.6) is 0 Å². The van der Waals surface area contributed by atoms with Crippen molar-refractivity contribution >= 4 is 35.0 Å². The second-order valence-corrected chi connectivity index (χ2v) is 5.77. The van der Waals surface area contributed by atoms with Crippen molar-refractivity contribution in [1.29, 1.82) is 0 Å². The Morgan fingerprint density at radius 3 is 3.00 bits per heavy atom. The Morgan fingerprint density at radius 2 is 2.32 bits per heavy atom. The van der Waals surface area contributed by atoms with Crippen LogP contribution in [0.2, 0.25) is 5.02 Å². The molecule has 2 N–H and O–H groups in total. The number of aromatic nitrogens is 3. The second-order valence-electron chi connectivity index (χ2n) is 4.42. The monoisotopic (exact) mass is 344 g/mol. The van der Waals surface area contributed by atoms with Crippen LogP contribution in [0, 0.1) is 5.82 Å². The summed E-state index contributed by atoms with van der Waals surface area (Å²) in [4.78, 5) is 23.4. The van der Waals surface area contributed by atoms with Crippen LogP contribution in [0.3, 0.4) is 0 Å². The first kappa shape index (κ1) is 16.6. The van der Waals surface area contributed by atoms with Gasteiger partial charge in [0.1, 0.15) is 5.82 Å². The van der Waals surface area contributed by atoms with Crippen molar-refractivity contribution in [2.24, 2.45) is 0 Å². The molecule has 0 bridgehead atoms. The summed E-state index contributed by atoms with van der Waals surface area (Å²) in [6.07, 6.45) is 0.782. The van der Waals surface area contributed by atoms with Crippen LogP contribution in [0.4, 0.5) is 10.1 Å². The Bertz CT molecular complexity index is 731. The maximum Gasteiger partial charge on any atom is 0.343 e. The third kappa shape index (κ3) is 4.11. The Morgan fingerprint density at radius 1 is 1.55 bits per heavy atom. The van der Waals surface area contributed by atoms with Crippen LogP contribution < -0.4 is 11.0 Å². The summed E-state index contributed by atoms with van der Waals surface area (Å²) in [6.45, 7) is 2.47. The molecule has 1 heterocycles. The summed E-state index contributed by atoms with van der Waals surface area (Å²) in [5.41, 5.74) is 0.0352. The Kier molecular flexibility index (Phi) is 5.62. The number of benzene rings is 1. The normalized spacial score (nSPS) is 10.7. The van der Waals surface area contributed by atoms with Gasteiger partial charge in [-0.25, -0.2) is 14.3 Å². The van der Waals surface area contributed by atoms with Gasteiger partial charge in [-0.15, -0.1) is 5.10 Å². The summed E-state index contributed by atoms with van der Waals surface area (Å²) in [7, 11) is 0. The van der Waals surface area contributed by atoms with Gasteiger partial charge in [-0.05, 0) is 24.6 Å². The molecule has 0 aliphatic rings. The first-order valence-electron chi connectivity index (χ1n) is 6.54. The topological polar surface area (TPSA) is 79.8 Å². The number of hydrogen-bond donors (Lipinski definition) is 2. The molecule has 6 nitrogen and oxygen atoms in total. The fraction of sp³-hybridized carbons (Fsp3) is 0.308. The highest BCUT2D eigenvalue weighted by Crippen LogP contribution is 2.23. The Hall–Kier alpha value is -1.80. The van der Waals surface area contributed by atoms with Crippen molar-refractivity contribution < 1.29 is 9.18 Å². The number of carbonyl (C=O) groups excluding carboxylic acids is 1. The largest absolute Gasteiger partial charge is 0.343 e. The maximum absolute atomic E-state index is 12.9. The smallest absolute Gasteiger partial charge is 0.324 e. The number of thioether (sulfide) groups is 1. The highest BCUT2D eigenvalue weighted by molar-refractivity contribution is 7.99. The van der Waals surface area contributed by atoms with Crippen molar-refractivity contribution in [3.63, 3.8) is 0 Å². The average molecular weight is 345 g/mol. The van der Waals surface area contributed by atoms with Crippen LogP contribution in [-0.2, 0) is 11.3 Å². The van der Waals surface area contributed by atoms with Crippen LogP contribution in [-0.4, -0.2) is 26.4 Å². The van der Waals surface area contributed by atoms with Crippen molar-refractivity contribution in [3.8, 4) is 0 Å². The van der Waals surface area contributed by atoms with Gasteiger partial charge in [0.25, 0.3) is 0 Å². The number of nitrogens with one attached hydrogen (secondary N) is 2. The molecule has 0 aliphatic carbocycles. The maximum atomic E-state index is 12.9. The van der Waals surface area contributed by atoms with E-state index in [1.165, 1.54) is 16.7 Å². The number of rotatable bonds is 6. The van der Waals surface area contributed by atoms with Crippen molar-refractivity contribution in [2.75, 3.05) is 11.1 Å². The molecule has 1 aromatic heterocycles. The first-order valence-corrected chi connectivity index (χ1v) is 7.90. The quantitative estimate of drug-likeness (QED) is 0.789. The molecule has 0 saturated heterocycles. The fourth-order valence-electron chi connectivity index (χ4n) is 1.74. The fourth-order valence-corrected chi connectivity index (χ4v) is 2.73. The van der Waals surface area contributed by atoms with E-state index in [0.717, 1.165) is 24.2 Å². The molecule has 22 heavy (non-hydrogen) atoms. The molecule has 2 aromatic rings. The summed E-state index contributed by atoms with van der Waals surface area (Å²) < 4.78 is 14.4. The molecule has 0 atom stereocenters. The van der Waals surface area contributed by atoms with E-state index in [1.54, 1.807) is 0 Å². The molecule has 0 unspecified atom stereocenters. The Balaban J connectivity index is 1.97. The van der Waals surface area contributed by atoms with E-state index in [1.807, 2.05) is 6.92 Å². The van der Waals surface area contributed by atoms with Gasteiger partial charge in [0, 0.05) is 6.54 Å². The number of carbonyl (C=O) groups is 1. The third-order valence-electron chi connectivity index (χ3n) is 2.71. The molecule has 118 valence electrons. The van der Waals surface area contributed by atoms with Crippen LogP contribution in [0.1, 0.15) is 13.3 Å². The van der Waals surface area contributed by atoms with E-state index in [-0.39, 0.29) is 22.4 Å². The van der Waals surface area contributed by atoms with Crippen LogP contribution in [0.25, 0.3) is 0 Å². The molecular weight excluding hydrogens is 331 g/mol. The molecule has 1 aromatic carbocycles. The lowest BCUT2D eigenvalue weighted by atomic mass is 10.3. The molecule has 0 fully saturated rings. The number of aromatic amines is 1. The van der Waals surface area contributed by atoms with Crippen molar-refractivity contribution in [2.45, 2.75) is 25.0 Å². The standard InChI is InChI=1S/C13H14ClFN4O2S/c1-2-5-19-12(21)17-18-13(19)22-7-11(20)16-10-4-3-8(15)6-9(10)14/h3-4,6H,2,5,7H2,1H3,(H,16,20)(H,17,21). The lowest BCUT2D eigenvalue weighted by molar-refractivity contribution is -0.113. The molecule has 9 heteroatoms. The third-order valence-corrected chi connectivity index (χ3v) is 4.00. The van der Waals surface area contributed by atoms with E-state index in [9.17, 15) is 14.0 Å². The predicted molar refractivity (Wildman–Crippen MR) is 83.9 cm³/mol. The number of hydrogen-bond acceptors (Lipinski definition) is 4. The van der Waals surface area contributed by atoms with Gasteiger partial charge < -0.3 is 5.32 Å². The number of anilines is 1. The van der Waals surface area contributed by atoms with Gasteiger partial charge in [0.15, 0.2) is 5.16 Å². The van der Waals surface area contributed by atoms with Crippen molar-refractivity contribution in [3.05, 3.63) is 39.5 Å². The zero-order chi connectivity index (χ0) is 16.1. The zero-order valence-corrected chi connectivity index (χ0v) is 13.3. The van der Waals surface area contributed by atoms with E-state index < -0.39 is 5.82 Å². The number of H-pyrrole nitrogens is 1. The van der Waals surface area contributed by atoms with Gasteiger partial charge in [0.05, 0.1) is 16.5 Å². The molecule has 1 amide bonds. The molecule has 0 aliphatic heterocycles. The molecule has 2 rings (SSSR count). The minimum Gasteiger partial charge on any atom is -0.324 e. The average Bonchev–Trinajstić information content (AvgIpc) is 2.81. The minimum absolute atomic E-state index is 0.0573. The van der Waals surface area contributed by atoms with E-state index in [2.05, 4.69) is 15.5 Å². The number of halogens is 2. The van der Waals surface area contributed by atoms with Gasteiger partial charge in [-0.2, -0.15) is 0 Å². The number of nitrogens with zero attached hydrogens (tertiary/aromatic N) is 2. The summed E-state index contributed by atoms with van der Waals surface area (Å²) in [5, 5.41) is 9.39. The highest BCUT2D eigenvalue weighted by atomic mass is 35.5. The molecule has 0 spiro atoms. The molecular formula is C13H14ClFN4O2S. The van der Waals surface area contributed by atoms with Gasteiger partial charge in [0.2, 0.25) is 5.91 Å². The van der Waals surface area contributed by atoms with E-state index in [4.69, 9.17) is 11.6 Å². The van der Waals surface area contributed by atoms with E-state index in [0.29, 0.717) is 17.4 Å². The minimum atomic E-state index is -0.475. The highest BCUT2D eigenvalue weighted by Gasteiger charge is 2.12. The van der Waals surface area contributed by atoms with Crippen molar-refractivity contribution in [1.82, 2.24) is 14.8 Å². The van der Waals surface area contributed by atoms with Crippen LogP contribution >= 0.6 is 23.4 Å². The second kappa shape index (κ2) is 7.46. The SMILES string of the molecule is CCCn1c(SCC(=O)Nc2ccc(F)cc2Cl)n[nH]c1=O. The first-order chi connectivity index (χ1) is 10.5. The Labute approximate surface area is 135 Å². The molecule has 0 radical (unpaired) electrons. The van der Waals surface area contributed by atoms with Crippen LogP contribution in [0.15, 0.2) is 28.2 Å². The molecule has 0 saturated carbocycles. The predicted octanol–water partition coefficient (Wildman–Crippen LogP) is 2.50. The lowest BCUT2D eigenvalue weighted by Crippen LogP contribution is -2.18.